The van der Waals surface area contributed by atoms with Crippen LogP contribution in [0.15, 0.2) is 0 Å². The molecule has 7 heteroatoms. The van der Waals surface area contributed by atoms with E-state index < -0.39 is 20.8 Å². The molecular formula is C10H23NO5Si. The second kappa shape index (κ2) is 8.59. The Bertz CT molecular complexity index is 214. The summed E-state index contributed by atoms with van der Waals surface area (Å²) < 4.78 is 15.8. The molecule has 0 rings (SSSR count). The van der Waals surface area contributed by atoms with Gasteiger partial charge in [-0.25, -0.2) is 0 Å². The second-order valence-corrected chi connectivity index (χ2v) is 6.74. The Morgan fingerprint density at radius 3 is 2.18 bits per heavy atom. The Morgan fingerprint density at radius 2 is 1.82 bits per heavy atom. The van der Waals surface area contributed by atoms with Crippen molar-refractivity contribution in [2.45, 2.75) is 31.9 Å². The lowest BCUT2D eigenvalue weighted by Crippen LogP contribution is -2.44. The minimum atomic E-state index is -2.51. The number of nitrogens with one attached hydrogen (secondary N) is 1. The van der Waals surface area contributed by atoms with Crippen molar-refractivity contribution < 1.29 is 23.2 Å². The topological polar surface area (TPSA) is 77.0 Å². The molecule has 0 fully saturated rings. The molecule has 0 heterocycles. The third-order valence-corrected chi connectivity index (χ3v) is 5.52. The second-order valence-electron chi connectivity index (χ2n) is 3.65. The lowest BCUT2D eigenvalue weighted by atomic mass is 10.2. The highest BCUT2D eigenvalue weighted by Crippen LogP contribution is 2.14. The predicted octanol–water partition coefficient (Wildman–Crippen LogP) is 0.707. The number of hydrogen-bond donors (Lipinski definition) is 2. The lowest BCUT2D eigenvalue weighted by Gasteiger charge is -2.24. The van der Waals surface area contributed by atoms with Gasteiger partial charge in [-0.15, -0.1) is 0 Å². The average Bonchev–Trinajstić information content (AvgIpc) is 2.34. The van der Waals surface area contributed by atoms with Crippen molar-refractivity contribution in [1.82, 2.24) is 5.32 Å². The molecule has 0 aliphatic heterocycles. The SMILES string of the molecule is CCC(NCCC[Si](OC)(OC)OC)C(=O)O. The van der Waals surface area contributed by atoms with Gasteiger partial charge in [0.15, 0.2) is 0 Å². The van der Waals surface area contributed by atoms with Crippen LogP contribution >= 0.6 is 0 Å². The minimum absolute atomic E-state index is 0.487. The summed E-state index contributed by atoms with van der Waals surface area (Å²) in [5, 5.41) is 11.8. The maximum atomic E-state index is 10.8. The molecule has 0 aromatic carbocycles. The number of carboxylic acid groups (broad SMARTS) is 1. The van der Waals surface area contributed by atoms with E-state index in [2.05, 4.69) is 5.32 Å². The molecule has 0 saturated heterocycles. The molecule has 0 radical (unpaired) electrons. The Hall–Kier alpha value is -0.473. The van der Waals surface area contributed by atoms with Crippen molar-refractivity contribution in [3.63, 3.8) is 0 Å². The highest BCUT2D eigenvalue weighted by atomic mass is 28.4. The van der Waals surface area contributed by atoms with Crippen LogP contribution in [0.5, 0.6) is 0 Å². The summed E-state index contributed by atoms with van der Waals surface area (Å²) in [5.41, 5.74) is 0. The third kappa shape index (κ3) is 5.60. The number of hydrogen-bond acceptors (Lipinski definition) is 5. The van der Waals surface area contributed by atoms with E-state index in [1.807, 2.05) is 6.92 Å². The zero-order chi connectivity index (χ0) is 13.3. The average molecular weight is 265 g/mol. The number of carbonyl (C=O) groups is 1. The molecule has 102 valence electrons. The van der Waals surface area contributed by atoms with Crippen LogP contribution in [-0.4, -0.2) is 53.8 Å². The van der Waals surface area contributed by atoms with Gasteiger partial charge >= 0.3 is 14.8 Å². The van der Waals surface area contributed by atoms with Gasteiger partial charge in [0.25, 0.3) is 0 Å². The van der Waals surface area contributed by atoms with Gasteiger partial charge in [-0.3, -0.25) is 4.79 Å². The molecule has 0 saturated carbocycles. The van der Waals surface area contributed by atoms with Crippen molar-refractivity contribution >= 4 is 14.8 Å². The van der Waals surface area contributed by atoms with E-state index in [-0.39, 0.29) is 0 Å². The molecule has 1 atom stereocenters. The van der Waals surface area contributed by atoms with Crippen LogP contribution in [-0.2, 0) is 18.1 Å². The molecule has 6 nitrogen and oxygen atoms in total. The van der Waals surface area contributed by atoms with Crippen molar-refractivity contribution in [2.24, 2.45) is 0 Å². The zero-order valence-corrected chi connectivity index (χ0v) is 12.0. The summed E-state index contributed by atoms with van der Waals surface area (Å²) in [5.74, 6) is -0.818. The number of rotatable bonds is 10. The van der Waals surface area contributed by atoms with E-state index in [4.69, 9.17) is 18.4 Å². The fourth-order valence-corrected chi connectivity index (χ4v) is 3.27. The standard InChI is InChI=1S/C10H23NO5Si/c1-5-9(10(12)13)11-7-6-8-17(14-2,15-3)16-4/h9,11H,5-8H2,1-4H3,(H,12,13). The van der Waals surface area contributed by atoms with Gasteiger partial charge in [0, 0.05) is 27.4 Å². The van der Waals surface area contributed by atoms with Gasteiger partial charge in [-0.1, -0.05) is 6.92 Å². The maximum Gasteiger partial charge on any atom is 0.500 e. The van der Waals surface area contributed by atoms with Gasteiger partial charge in [-0.05, 0) is 19.4 Å². The molecule has 0 aromatic heterocycles. The van der Waals surface area contributed by atoms with Gasteiger partial charge in [0.2, 0.25) is 0 Å². The van der Waals surface area contributed by atoms with E-state index in [0.29, 0.717) is 19.0 Å². The summed E-state index contributed by atoms with van der Waals surface area (Å²) >= 11 is 0. The van der Waals surface area contributed by atoms with E-state index in [1.165, 1.54) is 0 Å². The Balaban J connectivity index is 3.93. The summed E-state index contributed by atoms with van der Waals surface area (Å²) in [4.78, 5) is 10.8. The van der Waals surface area contributed by atoms with E-state index in [0.717, 1.165) is 6.42 Å². The first-order chi connectivity index (χ1) is 8.05. The summed E-state index contributed by atoms with van der Waals surface area (Å²) in [6.45, 7) is 2.44. The van der Waals surface area contributed by atoms with Crippen LogP contribution in [0.25, 0.3) is 0 Å². The fourth-order valence-electron chi connectivity index (χ4n) is 1.54. The number of aliphatic carboxylic acids is 1. The molecule has 0 aromatic rings. The van der Waals surface area contributed by atoms with Gasteiger partial charge in [0.1, 0.15) is 6.04 Å². The van der Waals surface area contributed by atoms with Crippen molar-refractivity contribution in [3.05, 3.63) is 0 Å². The van der Waals surface area contributed by atoms with Gasteiger partial charge in [0.05, 0.1) is 0 Å². The molecule has 0 aliphatic rings. The molecule has 0 aliphatic carbocycles. The molecule has 0 bridgehead atoms. The molecule has 17 heavy (non-hydrogen) atoms. The van der Waals surface area contributed by atoms with Crippen LogP contribution in [0.3, 0.4) is 0 Å². The van der Waals surface area contributed by atoms with Crippen LogP contribution in [0, 0.1) is 0 Å². The van der Waals surface area contributed by atoms with Crippen LogP contribution < -0.4 is 5.32 Å². The first-order valence-electron chi connectivity index (χ1n) is 5.66. The Morgan fingerprint density at radius 1 is 1.29 bits per heavy atom. The van der Waals surface area contributed by atoms with Crippen LogP contribution in [0.2, 0.25) is 6.04 Å². The molecule has 2 N–H and O–H groups in total. The largest absolute Gasteiger partial charge is 0.500 e. The van der Waals surface area contributed by atoms with E-state index in [9.17, 15) is 4.79 Å². The Labute approximate surface area is 104 Å². The van der Waals surface area contributed by atoms with Gasteiger partial charge < -0.3 is 23.7 Å². The van der Waals surface area contributed by atoms with Crippen LogP contribution in [0.1, 0.15) is 19.8 Å². The molecule has 1 unspecified atom stereocenters. The van der Waals surface area contributed by atoms with Crippen molar-refractivity contribution in [3.8, 4) is 0 Å². The monoisotopic (exact) mass is 265 g/mol. The highest BCUT2D eigenvalue weighted by molar-refractivity contribution is 6.60. The third-order valence-electron chi connectivity index (χ3n) is 2.69. The predicted molar refractivity (Wildman–Crippen MR) is 65.9 cm³/mol. The molecule has 0 amide bonds. The van der Waals surface area contributed by atoms with Crippen LogP contribution in [0.4, 0.5) is 0 Å². The summed E-state index contributed by atoms with van der Waals surface area (Å²) in [7, 11) is 2.19. The highest BCUT2D eigenvalue weighted by Gasteiger charge is 2.36. The molecular weight excluding hydrogens is 242 g/mol. The lowest BCUT2D eigenvalue weighted by molar-refractivity contribution is -0.139. The first-order valence-corrected chi connectivity index (χ1v) is 7.60. The maximum absolute atomic E-state index is 10.8. The van der Waals surface area contributed by atoms with Crippen molar-refractivity contribution in [1.29, 1.82) is 0 Å². The zero-order valence-electron chi connectivity index (χ0n) is 11.0. The normalized spacial score (nSPS) is 13.6. The summed E-state index contributed by atoms with van der Waals surface area (Å²) in [6.07, 6.45) is 1.32. The molecule has 0 spiro atoms. The van der Waals surface area contributed by atoms with E-state index >= 15 is 0 Å². The summed E-state index contributed by atoms with van der Waals surface area (Å²) in [6, 6.07) is 0.179. The number of carboxylic acids is 1. The quantitative estimate of drug-likeness (QED) is 0.447. The van der Waals surface area contributed by atoms with Gasteiger partial charge in [-0.2, -0.15) is 0 Å². The fraction of sp³-hybridized carbons (Fsp3) is 0.900. The van der Waals surface area contributed by atoms with E-state index in [1.54, 1.807) is 21.3 Å². The Kier molecular flexibility index (Phi) is 8.35. The minimum Gasteiger partial charge on any atom is -0.480 e. The first kappa shape index (κ1) is 16.5. The smallest absolute Gasteiger partial charge is 0.480 e. The van der Waals surface area contributed by atoms with Crippen molar-refractivity contribution in [2.75, 3.05) is 27.9 Å².